The molecule has 1 aliphatic rings. The Kier molecular flexibility index (Phi) is 5.24. The second-order valence-electron chi connectivity index (χ2n) is 7.14. The number of carbonyl (C=O) groups is 1. The Balaban J connectivity index is 1.80. The Labute approximate surface area is 177 Å². The van der Waals surface area contributed by atoms with Crippen molar-refractivity contribution in [1.82, 2.24) is 4.90 Å². The lowest BCUT2D eigenvalue weighted by Crippen LogP contribution is -2.29. The number of aliphatic hydroxyl groups excluding tert-OH is 1. The van der Waals surface area contributed by atoms with Crippen molar-refractivity contribution in [3.05, 3.63) is 111 Å². The molecule has 3 nitrogen and oxygen atoms in total. The van der Waals surface area contributed by atoms with Crippen LogP contribution < -0.4 is 0 Å². The fourth-order valence-electron chi connectivity index (χ4n) is 3.62. The third-order valence-corrected chi connectivity index (χ3v) is 5.65. The van der Waals surface area contributed by atoms with Crippen molar-refractivity contribution in [2.75, 3.05) is 0 Å². The second-order valence-corrected chi connectivity index (χ2v) is 8.06. The van der Waals surface area contributed by atoms with Gasteiger partial charge in [-0.1, -0.05) is 70.0 Å². The molecule has 0 saturated heterocycles. The first-order chi connectivity index (χ1) is 13.9. The molecule has 1 atom stereocenters. The van der Waals surface area contributed by atoms with Crippen molar-refractivity contribution in [3.63, 3.8) is 0 Å². The van der Waals surface area contributed by atoms with E-state index in [0.717, 1.165) is 26.7 Å². The van der Waals surface area contributed by atoms with Crippen LogP contribution in [0, 0.1) is 12.7 Å². The molecule has 4 rings (SSSR count). The maximum absolute atomic E-state index is 13.3. The summed E-state index contributed by atoms with van der Waals surface area (Å²) in [5, 5.41) is 10.8. The second kappa shape index (κ2) is 7.84. The Bertz CT molecular complexity index is 1070. The Hall–Kier alpha value is -2.92. The molecule has 0 unspecified atom stereocenters. The molecule has 0 spiro atoms. The van der Waals surface area contributed by atoms with Crippen LogP contribution in [0.3, 0.4) is 0 Å². The Morgan fingerprint density at radius 3 is 2.21 bits per heavy atom. The van der Waals surface area contributed by atoms with Gasteiger partial charge in [-0.3, -0.25) is 4.79 Å². The van der Waals surface area contributed by atoms with Crippen LogP contribution in [-0.2, 0) is 11.3 Å². The van der Waals surface area contributed by atoms with Gasteiger partial charge >= 0.3 is 0 Å². The molecular formula is C24H19BrFNO2. The van der Waals surface area contributed by atoms with E-state index in [1.165, 1.54) is 12.1 Å². The standard InChI is InChI=1S/C24H19BrFNO2/c1-15-2-6-17(7-3-15)21-22(18-8-10-19(25)11-9-18)27(24(29)23(21)28)14-16-4-12-20(26)13-5-16/h2-13,22,28H,14H2,1H3/t22-/m1/s1. The number of rotatable bonds is 4. The van der Waals surface area contributed by atoms with Crippen molar-refractivity contribution in [1.29, 1.82) is 0 Å². The molecule has 0 aromatic heterocycles. The SMILES string of the molecule is Cc1ccc(C2=C(O)C(=O)N(Cc3ccc(F)cc3)[C@@H]2c2ccc(Br)cc2)cc1. The van der Waals surface area contributed by atoms with Crippen LogP contribution in [0.1, 0.15) is 28.3 Å². The van der Waals surface area contributed by atoms with E-state index in [2.05, 4.69) is 15.9 Å². The number of benzene rings is 3. The minimum absolute atomic E-state index is 0.246. The molecule has 1 amide bonds. The lowest BCUT2D eigenvalue weighted by molar-refractivity contribution is -0.130. The summed E-state index contributed by atoms with van der Waals surface area (Å²) in [4.78, 5) is 14.6. The monoisotopic (exact) mass is 451 g/mol. The van der Waals surface area contributed by atoms with Gasteiger partial charge in [-0.05, 0) is 47.9 Å². The van der Waals surface area contributed by atoms with Crippen LogP contribution in [0.15, 0.2) is 83.0 Å². The molecule has 0 aliphatic carbocycles. The molecule has 1 aliphatic heterocycles. The highest BCUT2D eigenvalue weighted by Crippen LogP contribution is 2.44. The minimum Gasteiger partial charge on any atom is -0.503 e. The van der Waals surface area contributed by atoms with Crippen LogP contribution in [0.25, 0.3) is 5.57 Å². The van der Waals surface area contributed by atoms with E-state index in [1.807, 2.05) is 55.5 Å². The van der Waals surface area contributed by atoms with Gasteiger partial charge in [0.25, 0.3) is 5.91 Å². The van der Waals surface area contributed by atoms with Gasteiger partial charge in [-0.15, -0.1) is 0 Å². The maximum atomic E-state index is 13.3. The van der Waals surface area contributed by atoms with Crippen molar-refractivity contribution in [2.24, 2.45) is 0 Å². The van der Waals surface area contributed by atoms with E-state index in [9.17, 15) is 14.3 Å². The van der Waals surface area contributed by atoms with Crippen molar-refractivity contribution >= 4 is 27.4 Å². The van der Waals surface area contributed by atoms with E-state index in [0.29, 0.717) is 5.57 Å². The van der Waals surface area contributed by atoms with Gasteiger partial charge < -0.3 is 10.0 Å². The van der Waals surface area contributed by atoms with Crippen LogP contribution in [0.2, 0.25) is 0 Å². The van der Waals surface area contributed by atoms with E-state index < -0.39 is 11.9 Å². The van der Waals surface area contributed by atoms with Crippen molar-refractivity contribution < 1.29 is 14.3 Å². The molecule has 0 radical (unpaired) electrons. The summed E-state index contributed by atoms with van der Waals surface area (Å²) >= 11 is 3.44. The number of amides is 1. The fourth-order valence-corrected chi connectivity index (χ4v) is 3.89. The van der Waals surface area contributed by atoms with Crippen molar-refractivity contribution in [2.45, 2.75) is 19.5 Å². The quantitative estimate of drug-likeness (QED) is 0.532. The molecule has 3 aromatic rings. The summed E-state index contributed by atoms with van der Waals surface area (Å²) in [5.41, 5.74) is 4.17. The zero-order valence-electron chi connectivity index (χ0n) is 15.8. The highest BCUT2D eigenvalue weighted by atomic mass is 79.9. The van der Waals surface area contributed by atoms with Gasteiger partial charge in [0, 0.05) is 16.6 Å². The maximum Gasteiger partial charge on any atom is 0.290 e. The number of aryl methyl sites for hydroxylation is 1. The third-order valence-electron chi connectivity index (χ3n) is 5.12. The van der Waals surface area contributed by atoms with E-state index >= 15 is 0 Å². The van der Waals surface area contributed by atoms with Gasteiger partial charge in [0.2, 0.25) is 0 Å². The predicted octanol–water partition coefficient (Wildman–Crippen LogP) is 5.95. The largest absolute Gasteiger partial charge is 0.503 e. The first-order valence-electron chi connectivity index (χ1n) is 9.25. The first-order valence-corrected chi connectivity index (χ1v) is 10.0. The molecule has 0 bridgehead atoms. The highest BCUT2D eigenvalue weighted by molar-refractivity contribution is 9.10. The lowest BCUT2D eigenvalue weighted by atomic mass is 9.93. The van der Waals surface area contributed by atoms with E-state index in [4.69, 9.17) is 0 Å². The summed E-state index contributed by atoms with van der Waals surface area (Å²) in [6.45, 7) is 2.25. The normalized spacial score (nSPS) is 16.6. The molecule has 0 fully saturated rings. The summed E-state index contributed by atoms with van der Waals surface area (Å²) in [6.07, 6.45) is 0. The van der Waals surface area contributed by atoms with Gasteiger partial charge in [0.1, 0.15) is 5.82 Å². The van der Waals surface area contributed by atoms with Gasteiger partial charge in [-0.25, -0.2) is 4.39 Å². The first kappa shape index (κ1) is 19.4. The van der Waals surface area contributed by atoms with Crippen LogP contribution in [0.4, 0.5) is 4.39 Å². The van der Waals surface area contributed by atoms with Gasteiger partial charge in [0.15, 0.2) is 5.76 Å². The summed E-state index contributed by atoms with van der Waals surface area (Å²) in [6, 6.07) is 21.1. The zero-order valence-corrected chi connectivity index (χ0v) is 17.4. The van der Waals surface area contributed by atoms with Crippen molar-refractivity contribution in [3.8, 4) is 0 Å². The number of aliphatic hydroxyl groups is 1. The van der Waals surface area contributed by atoms with E-state index in [-0.39, 0.29) is 18.1 Å². The average Bonchev–Trinajstić information content (AvgIpc) is 2.96. The van der Waals surface area contributed by atoms with Gasteiger partial charge in [-0.2, -0.15) is 0 Å². The number of carbonyl (C=O) groups excluding carboxylic acids is 1. The molecule has 29 heavy (non-hydrogen) atoms. The molecule has 3 aromatic carbocycles. The Morgan fingerprint density at radius 1 is 0.966 bits per heavy atom. The number of halogens is 2. The lowest BCUT2D eigenvalue weighted by Gasteiger charge is -2.27. The number of hydrogen-bond donors (Lipinski definition) is 1. The van der Waals surface area contributed by atoms with Crippen LogP contribution in [-0.4, -0.2) is 15.9 Å². The highest BCUT2D eigenvalue weighted by Gasteiger charge is 2.40. The smallest absolute Gasteiger partial charge is 0.290 e. The summed E-state index contributed by atoms with van der Waals surface area (Å²) in [7, 11) is 0. The molecule has 5 heteroatoms. The molecular weight excluding hydrogens is 433 g/mol. The molecule has 146 valence electrons. The predicted molar refractivity (Wildman–Crippen MR) is 115 cm³/mol. The minimum atomic E-state index is -0.441. The summed E-state index contributed by atoms with van der Waals surface area (Å²) < 4.78 is 14.2. The number of nitrogens with zero attached hydrogens (tertiary/aromatic N) is 1. The van der Waals surface area contributed by atoms with E-state index in [1.54, 1.807) is 17.0 Å². The van der Waals surface area contributed by atoms with Gasteiger partial charge in [0.05, 0.1) is 6.04 Å². The zero-order chi connectivity index (χ0) is 20.5. The average molecular weight is 452 g/mol. The molecule has 1 N–H and O–H groups in total. The topological polar surface area (TPSA) is 40.5 Å². The third kappa shape index (κ3) is 3.83. The Morgan fingerprint density at radius 2 is 1.59 bits per heavy atom. The molecule has 0 saturated carbocycles. The van der Waals surface area contributed by atoms with Crippen LogP contribution >= 0.6 is 15.9 Å². The summed E-state index contributed by atoms with van der Waals surface area (Å²) in [5.74, 6) is -1.01. The number of hydrogen-bond acceptors (Lipinski definition) is 2. The van der Waals surface area contributed by atoms with Crippen LogP contribution in [0.5, 0.6) is 0 Å². The molecule has 1 heterocycles. The fraction of sp³-hybridized carbons (Fsp3) is 0.125.